The topological polar surface area (TPSA) is 69.6 Å². The summed E-state index contributed by atoms with van der Waals surface area (Å²) in [5.41, 5.74) is 0. The molecule has 5 nitrogen and oxygen atoms in total. The lowest BCUT2D eigenvalue weighted by molar-refractivity contribution is -0.137. The van der Waals surface area contributed by atoms with Crippen LogP contribution in [0.4, 0.5) is 4.79 Å². The quantitative estimate of drug-likeness (QED) is 0.684. The van der Waals surface area contributed by atoms with Gasteiger partial charge in [-0.3, -0.25) is 4.79 Å². The van der Waals surface area contributed by atoms with Gasteiger partial charge in [0.2, 0.25) is 0 Å². The van der Waals surface area contributed by atoms with Crippen LogP contribution in [0.1, 0.15) is 59.3 Å². The number of hydrogen-bond donors (Lipinski definition) is 2. The van der Waals surface area contributed by atoms with Crippen molar-refractivity contribution in [2.75, 3.05) is 6.54 Å². The van der Waals surface area contributed by atoms with E-state index in [-0.39, 0.29) is 24.5 Å². The molecule has 0 heterocycles. The van der Waals surface area contributed by atoms with Crippen LogP contribution in [0.5, 0.6) is 0 Å². The van der Waals surface area contributed by atoms with Crippen LogP contribution in [0.3, 0.4) is 0 Å². The summed E-state index contributed by atoms with van der Waals surface area (Å²) in [5.74, 6) is -0.495. The Hall–Kier alpha value is -1.26. The molecule has 5 heteroatoms. The number of amides is 2. The van der Waals surface area contributed by atoms with Crippen LogP contribution in [0.25, 0.3) is 0 Å². The van der Waals surface area contributed by atoms with E-state index in [0.29, 0.717) is 5.92 Å². The summed E-state index contributed by atoms with van der Waals surface area (Å²) in [4.78, 5) is 25.1. The molecule has 0 aliphatic heterocycles. The summed E-state index contributed by atoms with van der Waals surface area (Å²) in [6.45, 7) is 6.94. The van der Waals surface area contributed by atoms with Gasteiger partial charge in [-0.1, -0.05) is 20.3 Å². The van der Waals surface area contributed by atoms with Gasteiger partial charge in [0, 0.05) is 18.6 Å². The number of urea groups is 1. The number of hydrogen-bond acceptors (Lipinski definition) is 2. The van der Waals surface area contributed by atoms with Crippen LogP contribution in [-0.4, -0.2) is 40.6 Å². The minimum absolute atomic E-state index is 0.0263. The molecule has 20 heavy (non-hydrogen) atoms. The van der Waals surface area contributed by atoms with Crippen molar-refractivity contribution in [2.24, 2.45) is 5.92 Å². The van der Waals surface area contributed by atoms with Gasteiger partial charge in [-0.25, -0.2) is 4.79 Å². The zero-order chi connectivity index (χ0) is 15.1. The van der Waals surface area contributed by atoms with Crippen molar-refractivity contribution in [1.82, 2.24) is 10.2 Å². The van der Waals surface area contributed by atoms with E-state index in [4.69, 9.17) is 5.11 Å². The van der Waals surface area contributed by atoms with Crippen molar-refractivity contribution in [3.8, 4) is 0 Å². The van der Waals surface area contributed by atoms with Gasteiger partial charge in [-0.2, -0.15) is 0 Å². The number of carboxylic acids is 1. The van der Waals surface area contributed by atoms with Crippen molar-refractivity contribution in [3.63, 3.8) is 0 Å². The van der Waals surface area contributed by atoms with Gasteiger partial charge < -0.3 is 15.3 Å². The van der Waals surface area contributed by atoms with Crippen molar-refractivity contribution in [1.29, 1.82) is 0 Å². The maximum atomic E-state index is 12.4. The fraction of sp³-hybridized carbons (Fsp3) is 0.867. The molecule has 1 fully saturated rings. The predicted molar refractivity (Wildman–Crippen MR) is 78.7 cm³/mol. The molecular formula is C15H28N2O3. The smallest absolute Gasteiger partial charge is 0.317 e. The van der Waals surface area contributed by atoms with Gasteiger partial charge >= 0.3 is 12.0 Å². The van der Waals surface area contributed by atoms with Crippen LogP contribution >= 0.6 is 0 Å². The molecule has 0 spiro atoms. The van der Waals surface area contributed by atoms with E-state index in [2.05, 4.69) is 19.2 Å². The molecule has 0 aromatic carbocycles. The summed E-state index contributed by atoms with van der Waals surface area (Å²) in [7, 11) is 0. The Bertz CT molecular complexity index is 329. The molecule has 116 valence electrons. The third-order valence-corrected chi connectivity index (χ3v) is 4.03. The van der Waals surface area contributed by atoms with Gasteiger partial charge in [0.05, 0.1) is 6.42 Å². The molecule has 0 bridgehead atoms. The minimum Gasteiger partial charge on any atom is -0.481 e. The molecular weight excluding hydrogens is 256 g/mol. The minimum atomic E-state index is -0.842. The summed E-state index contributed by atoms with van der Waals surface area (Å²) in [6, 6.07) is -0.134. The molecule has 0 aromatic rings. The lowest BCUT2D eigenvalue weighted by Crippen LogP contribution is -2.49. The second-order valence-corrected chi connectivity index (χ2v) is 5.80. The van der Waals surface area contributed by atoms with Gasteiger partial charge in [-0.15, -0.1) is 0 Å². The molecule has 1 aliphatic carbocycles. The normalized spacial score (nSPS) is 17.4. The standard InChI is InChI=1S/C15H28N2O3/c1-4-6-9-17(11(3)5-2)15(20)16-13(10-14(18)19)12-7-8-12/h11-13H,4-10H2,1-3H3,(H,16,20)(H,18,19). The number of carbonyl (C=O) groups excluding carboxylic acids is 1. The largest absolute Gasteiger partial charge is 0.481 e. The molecule has 1 saturated carbocycles. The van der Waals surface area contributed by atoms with Crippen molar-refractivity contribution in [3.05, 3.63) is 0 Å². The SMILES string of the molecule is CCCCN(C(=O)NC(CC(=O)O)C1CC1)C(C)CC. The number of nitrogens with one attached hydrogen (secondary N) is 1. The fourth-order valence-corrected chi connectivity index (χ4v) is 2.33. The third-order valence-electron chi connectivity index (χ3n) is 4.03. The average Bonchev–Trinajstić information content (AvgIpc) is 3.21. The predicted octanol–water partition coefficient (Wildman–Crippen LogP) is 2.85. The molecule has 0 saturated heterocycles. The summed E-state index contributed by atoms with van der Waals surface area (Å²) >= 11 is 0. The van der Waals surface area contributed by atoms with Gasteiger partial charge in [-0.05, 0) is 38.5 Å². The van der Waals surface area contributed by atoms with Crippen molar-refractivity contribution in [2.45, 2.75) is 71.4 Å². The Morgan fingerprint density at radius 1 is 1.35 bits per heavy atom. The Morgan fingerprint density at radius 3 is 2.45 bits per heavy atom. The number of aliphatic carboxylic acids is 1. The van der Waals surface area contributed by atoms with Crippen LogP contribution in [0.15, 0.2) is 0 Å². The lowest BCUT2D eigenvalue weighted by Gasteiger charge is -2.30. The maximum absolute atomic E-state index is 12.4. The number of carbonyl (C=O) groups is 2. The molecule has 2 amide bonds. The van der Waals surface area contributed by atoms with Crippen LogP contribution in [-0.2, 0) is 4.79 Å². The highest BCUT2D eigenvalue weighted by Crippen LogP contribution is 2.34. The van der Waals surface area contributed by atoms with Gasteiger partial charge in [0.15, 0.2) is 0 Å². The van der Waals surface area contributed by atoms with E-state index in [1.54, 1.807) is 0 Å². The monoisotopic (exact) mass is 284 g/mol. The molecule has 0 aromatic heterocycles. The first-order valence-electron chi connectivity index (χ1n) is 7.78. The summed E-state index contributed by atoms with van der Waals surface area (Å²) < 4.78 is 0. The second kappa shape index (κ2) is 8.12. The van der Waals surface area contributed by atoms with Crippen molar-refractivity contribution >= 4 is 12.0 Å². The van der Waals surface area contributed by atoms with Crippen LogP contribution in [0, 0.1) is 5.92 Å². The number of nitrogens with zero attached hydrogens (tertiary/aromatic N) is 1. The van der Waals surface area contributed by atoms with Gasteiger partial charge in [0.1, 0.15) is 0 Å². The van der Waals surface area contributed by atoms with E-state index in [1.165, 1.54) is 0 Å². The first-order valence-corrected chi connectivity index (χ1v) is 7.78. The number of carboxylic acid groups (broad SMARTS) is 1. The first-order chi connectivity index (χ1) is 9.49. The van der Waals surface area contributed by atoms with E-state index in [0.717, 1.165) is 38.6 Å². The fourth-order valence-electron chi connectivity index (χ4n) is 2.33. The Kier molecular flexibility index (Phi) is 6.82. The third kappa shape index (κ3) is 5.39. The Labute approximate surface area is 121 Å². The van der Waals surface area contributed by atoms with E-state index < -0.39 is 5.97 Å². The second-order valence-electron chi connectivity index (χ2n) is 5.80. The van der Waals surface area contributed by atoms with Crippen LogP contribution < -0.4 is 5.32 Å². The Morgan fingerprint density at radius 2 is 2.00 bits per heavy atom. The van der Waals surface area contributed by atoms with E-state index >= 15 is 0 Å². The highest BCUT2D eigenvalue weighted by Gasteiger charge is 2.34. The molecule has 2 N–H and O–H groups in total. The molecule has 1 rings (SSSR count). The maximum Gasteiger partial charge on any atom is 0.317 e. The van der Waals surface area contributed by atoms with Gasteiger partial charge in [0.25, 0.3) is 0 Å². The number of unbranched alkanes of at least 4 members (excludes halogenated alkanes) is 1. The number of rotatable bonds is 9. The van der Waals surface area contributed by atoms with E-state index in [9.17, 15) is 9.59 Å². The molecule has 2 atom stereocenters. The summed E-state index contributed by atoms with van der Waals surface area (Å²) in [6.07, 6.45) is 5.00. The van der Waals surface area contributed by atoms with E-state index in [1.807, 2.05) is 11.8 Å². The zero-order valence-electron chi connectivity index (χ0n) is 12.9. The molecule has 1 aliphatic rings. The lowest BCUT2D eigenvalue weighted by atomic mass is 10.1. The Balaban J connectivity index is 2.59. The highest BCUT2D eigenvalue weighted by atomic mass is 16.4. The zero-order valence-corrected chi connectivity index (χ0v) is 12.9. The summed E-state index contributed by atoms with van der Waals surface area (Å²) in [5, 5.41) is 11.9. The van der Waals surface area contributed by atoms with Crippen molar-refractivity contribution < 1.29 is 14.7 Å². The van der Waals surface area contributed by atoms with Crippen LogP contribution in [0.2, 0.25) is 0 Å². The average molecular weight is 284 g/mol. The first kappa shape index (κ1) is 16.8. The molecule has 2 unspecified atom stereocenters. The molecule has 0 radical (unpaired) electrons. The highest BCUT2D eigenvalue weighted by molar-refractivity contribution is 5.76.